The van der Waals surface area contributed by atoms with Crippen LogP contribution in [0.5, 0.6) is 5.75 Å². The van der Waals surface area contributed by atoms with Crippen molar-refractivity contribution < 1.29 is 9.84 Å². The van der Waals surface area contributed by atoms with E-state index in [-0.39, 0.29) is 0 Å². The van der Waals surface area contributed by atoms with Gasteiger partial charge in [0.25, 0.3) is 0 Å². The Balaban J connectivity index is 2.04. The molecule has 0 aliphatic carbocycles. The van der Waals surface area contributed by atoms with Crippen molar-refractivity contribution in [2.45, 2.75) is 19.6 Å². The van der Waals surface area contributed by atoms with Gasteiger partial charge in [-0.1, -0.05) is 23.7 Å². The Kier molecular flexibility index (Phi) is 4.05. The Morgan fingerprint density at radius 3 is 2.88 bits per heavy atom. The van der Waals surface area contributed by atoms with E-state index < -0.39 is 6.10 Å². The fourth-order valence-electron chi connectivity index (χ4n) is 1.44. The van der Waals surface area contributed by atoms with Crippen molar-refractivity contribution >= 4 is 22.9 Å². The molecule has 0 fully saturated rings. The molecule has 1 heterocycles. The van der Waals surface area contributed by atoms with Crippen molar-refractivity contribution in [2.75, 3.05) is 0 Å². The molecule has 1 N–H and O–H groups in total. The van der Waals surface area contributed by atoms with E-state index in [0.717, 1.165) is 21.2 Å². The van der Waals surface area contributed by atoms with E-state index >= 15 is 0 Å². The first-order valence-electron chi connectivity index (χ1n) is 5.29. The average Bonchev–Trinajstić information content (AvgIpc) is 2.72. The van der Waals surface area contributed by atoms with Crippen LogP contribution in [-0.4, -0.2) is 5.11 Å². The summed E-state index contributed by atoms with van der Waals surface area (Å²) in [6, 6.07) is 9.31. The molecule has 17 heavy (non-hydrogen) atoms. The molecule has 0 aliphatic heterocycles. The third kappa shape index (κ3) is 3.22. The minimum atomic E-state index is -0.483. The largest absolute Gasteiger partial charge is 0.488 e. The summed E-state index contributed by atoms with van der Waals surface area (Å²) in [6.07, 6.45) is -0.483. The van der Waals surface area contributed by atoms with E-state index in [9.17, 15) is 5.11 Å². The monoisotopic (exact) mass is 268 g/mol. The molecule has 0 spiro atoms. The predicted octanol–water partition coefficient (Wildman–Crippen LogP) is 4.03. The van der Waals surface area contributed by atoms with Gasteiger partial charge in [-0.3, -0.25) is 0 Å². The molecular weight excluding hydrogens is 256 g/mol. The molecule has 0 amide bonds. The number of ether oxygens (including phenoxy) is 1. The number of aliphatic hydroxyl groups is 1. The molecule has 2 aromatic rings. The number of benzene rings is 1. The summed E-state index contributed by atoms with van der Waals surface area (Å²) in [5, 5.41) is 12.1. The first-order valence-corrected chi connectivity index (χ1v) is 6.55. The Hall–Kier alpha value is -1.03. The van der Waals surface area contributed by atoms with Crippen LogP contribution >= 0.6 is 22.9 Å². The molecule has 0 radical (unpaired) electrons. The number of thiophene rings is 1. The first-order chi connectivity index (χ1) is 8.16. The molecular formula is C13H13ClO2S. The molecule has 90 valence electrons. The summed E-state index contributed by atoms with van der Waals surface area (Å²) in [7, 11) is 0. The zero-order valence-corrected chi connectivity index (χ0v) is 11.0. The van der Waals surface area contributed by atoms with Gasteiger partial charge in [0.05, 0.1) is 16.0 Å². The van der Waals surface area contributed by atoms with Gasteiger partial charge in [0, 0.05) is 0 Å². The zero-order valence-electron chi connectivity index (χ0n) is 9.39. The van der Waals surface area contributed by atoms with E-state index in [4.69, 9.17) is 16.3 Å². The van der Waals surface area contributed by atoms with Crippen LogP contribution in [0, 0.1) is 0 Å². The van der Waals surface area contributed by atoms with Crippen molar-refractivity contribution in [3.63, 3.8) is 0 Å². The highest BCUT2D eigenvalue weighted by Crippen LogP contribution is 2.25. The van der Waals surface area contributed by atoms with Gasteiger partial charge >= 0.3 is 0 Å². The van der Waals surface area contributed by atoms with Crippen LogP contribution < -0.4 is 4.74 Å². The van der Waals surface area contributed by atoms with Gasteiger partial charge < -0.3 is 9.84 Å². The number of hydrogen-bond donors (Lipinski definition) is 1. The molecule has 0 saturated heterocycles. The quantitative estimate of drug-likeness (QED) is 0.907. The Labute approximate surface area is 109 Å². The van der Waals surface area contributed by atoms with E-state index in [1.807, 2.05) is 35.7 Å². The molecule has 0 aliphatic rings. The van der Waals surface area contributed by atoms with Gasteiger partial charge in [0.15, 0.2) is 0 Å². The third-order valence-electron chi connectivity index (χ3n) is 2.40. The van der Waals surface area contributed by atoms with Gasteiger partial charge in [0.1, 0.15) is 12.4 Å². The molecule has 1 unspecified atom stereocenters. The highest BCUT2D eigenvalue weighted by molar-refractivity contribution is 7.10. The summed E-state index contributed by atoms with van der Waals surface area (Å²) in [6.45, 7) is 2.19. The highest BCUT2D eigenvalue weighted by atomic mass is 35.5. The molecule has 2 rings (SSSR count). The standard InChI is InChI=1S/C13H13ClO2S/c1-9(15)10-3-2-4-11(7-10)16-8-13-12(14)5-6-17-13/h2-7,9,15H,8H2,1H3. The predicted molar refractivity (Wildman–Crippen MR) is 70.7 cm³/mol. The van der Waals surface area contributed by atoms with Crippen LogP contribution in [0.4, 0.5) is 0 Å². The van der Waals surface area contributed by atoms with Gasteiger partial charge in [-0.15, -0.1) is 11.3 Å². The van der Waals surface area contributed by atoms with Crippen molar-refractivity contribution in [3.8, 4) is 5.75 Å². The maximum atomic E-state index is 9.47. The average molecular weight is 269 g/mol. The summed E-state index contributed by atoms with van der Waals surface area (Å²) < 4.78 is 5.64. The SMILES string of the molecule is CC(O)c1cccc(OCc2sccc2Cl)c1. The van der Waals surface area contributed by atoms with Crippen LogP contribution in [0.3, 0.4) is 0 Å². The van der Waals surface area contributed by atoms with E-state index in [1.54, 1.807) is 18.3 Å². The van der Waals surface area contributed by atoms with E-state index in [2.05, 4.69) is 0 Å². The fourth-order valence-corrected chi connectivity index (χ4v) is 2.44. The Bertz CT molecular complexity index is 494. The van der Waals surface area contributed by atoms with Crippen LogP contribution in [0.25, 0.3) is 0 Å². The molecule has 1 atom stereocenters. The van der Waals surface area contributed by atoms with Crippen molar-refractivity contribution in [2.24, 2.45) is 0 Å². The van der Waals surface area contributed by atoms with Gasteiger partial charge in [0.2, 0.25) is 0 Å². The molecule has 0 saturated carbocycles. The topological polar surface area (TPSA) is 29.5 Å². The lowest BCUT2D eigenvalue weighted by Gasteiger charge is -2.09. The Morgan fingerprint density at radius 2 is 2.24 bits per heavy atom. The highest BCUT2D eigenvalue weighted by Gasteiger charge is 2.05. The van der Waals surface area contributed by atoms with Crippen LogP contribution in [0.2, 0.25) is 5.02 Å². The summed E-state index contributed by atoms with van der Waals surface area (Å²) in [4.78, 5) is 1.01. The number of aliphatic hydroxyl groups excluding tert-OH is 1. The minimum absolute atomic E-state index is 0.458. The summed E-state index contributed by atoms with van der Waals surface area (Å²) >= 11 is 7.55. The van der Waals surface area contributed by atoms with Crippen LogP contribution in [0.1, 0.15) is 23.5 Å². The van der Waals surface area contributed by atoms with Crippen LogP contribution in [0.15, 0.2) is 35.7 Å². The molecule has 2 nitrogen and oxygen atoms in total. The normalized spacial score (nSPS) is 12.4. The van der Waals surface area contributed by atoms with E-state index in [1.165, 1.54) is 0 Å². The molecule has 1 aromatic heterocycles. The lowest BCUT2D eigenvalue weighted by atomic mass is 10.1. The molecule has 4 heteroatoms. The smallest absolute Gasteiger partial charge is 0.124 e. The van der Waals surface area contributed by atoms with Gasteiger partial charge in [-0.25, -0.2) is 0 Å². The Morgan fingerprint density at radius 1 is 1.41 bits per heavy atom. The summed E-state index contributed by atoms with van der Waals surface area (Å²) in [5.74, 6) is 0.743. The second kappa shape index (κ2) is 5.54. The van der Waals surface area contributed by atoms with E-state index in [0.29, 0.717) is 6.61 Å². The fraction of sp³-hybridized carbons (Fsp3) is 0.231. The first kappa shape index (κ1) is 12.4. The third-order valence-corrected chi connectivity index (χ3v) is 3.76. The second-order valence-electron chi connectivity index (χ2n) is 3.73. The maximum Gasteiger partial charge on any atom is 0.124 e. The van der Waals surface area contributed by atoms with Gasteiger partial charge in [-0.2, -0.15) is 0 Å². The molecule has 1 aromatic carbocycles. The number of rotatable bonds is 4. The van der Waals surface area contributed by atoms with Crippen molar-refractivity contribution in [1.82, 2.24) is 0 Å². The minimum Gasteiger partial charge on any atom is -0.488 e. The van der Waals surface area contributed by atoms with Crippen molar-refractivity contribution in [1.29, 1.82) is 0 Å². The molecule has 0 bridgehead atoms. The lowest BCUT2D eigenvalue weighted by molar-refractivity contribution is 0.198. The number of hydrogen-bond acceptors (Lipinski definition) is 3. The maximum absolute atomic E-state index is 9.47. The zero-order chi connectivity index (χ0) is 12.3. The second-order valence-corrected chi connectivity index (χ2v) is 5.14. The van der Waals surface area contributed by atoms with Gasteiger partial charge in [-0.05, 0) is 36.1 Å². The van der Waals surface area contributed by atoms with Crippen molar-refractivity contribution in [3.05, 3.63) is 51.2 Å². The van der Waals surface area contributed by atoms with Crippen LogP contribution in [-0.2, 0) is 6.61 Å². The number of halogens is 1. The lowest BCUT2D eigenvalue weighted by Crippen LogP contribution is -1.96. The summed E-state index contributed by atoms with van der Waals surface area (Å²) in [5.41, 5.74) is 0.847.